The SMILES string of the molecule is CS(=O)(=O)Nc1ccccc1C(=O)OCc1cn2ccccc2c1C#N. The summed E-state index contributed by atoms with van der Waals surface area (Å²) in [4.78, 5) is 12.4. The summed E-state index contributed by atoms with van der Waals surface area (Å²) in [5.74, 6) is -0.684. The molecule has 0 aliphatic carbocycles. The number of carbonyl (C=O) groups is 1. The largest absolute Gasteiger partial charge is 0.457 e. The fourth-order valence-electron chi connectivity index (χ4n) is 2.59. The van der Waals surface area contributed by atoms with E-state index >= 15 is 0 Å². The average molecular weight is 369 g/mol. The van der Waals surface area contributed by atoms with Crippen molar-refractivity contribution in [1.82, 2.24) is 4.40 Å². The summed E-state index contributed by atoms with van der Waals surface area (Å²) >= 11 is 0. The zero-order valence-corrected chi connectivity index (χ0v) is 14.7. The van der Waals surface area contributed by atoms with Crippen molar-refractivity contribution in [2.75, 3.05) is 11.0 Å². The van der Waals surface area contributed by atoms with Crippen molar-refractivity contribution in [3.8, 4) is 6.07 Å². The van der Waals surface area contributed by atoms with Crippen molar-refractivity contribution < 1.29 is 17.9 Å². The van der Waals surface area contributed by atoms with Gasteiger partial charge in [0.15, 0.2) is 0 Å². The molecule has 7 nitrogen and oxygen atoms in total. The van der Waals surface area contributed by atoms with Crippen LogP contribution in [0, 0.1) is 11.3 Å². The van der Waals surface area contributed by atoms with E-state index in [4.69, 9.17) is 4.74 Å². The second-order valence-corrected chi connectivity index (χ2v) is 7.38. The highest BCUT2D eigenvalue weighted by atomic mass is 32.2. The first kappa shape index (κ1) is 17.5. The monoisotopic (exact) mass is 369 g/mol. The molecule has 0 radical (unpaired) electrons. The van der Waals surface area contributed by atoms with Gasteiger partial charge in [-0.15, -0.1) is 0 Å². The van der Waals surface area contributed by atoms with Gasteiger partial charge in [0.05, 0.1) is 28.6 Å². The number of nitriles is 1. The Hall–Kier alpha value is -3.31. The average Bonchev–Trinajstić information content (AvgIpc) is 2.96. The molecule has 132 valence electrons. The molecule has 26 heavy (non-hydrogen) atoms. The maximum Gasteiger partial charge on any atom is 0.340 e. The number of para-hydroxylation sites is 1. The third-order valence-electron chi connectivity index (χ3n) is 3.68. The van der Waals surface area contributed by atoms with Crippen LogP contribution >= 0.6 is 0 Å². The van der Waals surface area contributed by atoms with Gasteiger partial charge in [-0.1, -0.05) is 18.2 Å². The van der Waals surface area contributed by atoms with Crippen LogP contribution in [-0.4, -0.2) is 25.0 Å². The predicted octanol–water partition coefficient (Wildman–Crippen LogP) is 2.54. The number of hydrogen-bond acceptors (Lipinski definition) is 5. The lowest BCUT2D eigenvalue weighted by molar-refractivity contribution is 0.0474. The minimum Gasteiger partial charge on any atom is -0.457 e. The van der Waals surface area contributed by atoms with Crippen LogP contribution < -0.4 is 4.72 Å². The number of fused-ring (bicyclic) bond motifs is 1. The van der Waals surface area contributed by atoms with Gasteiger partial charge in [0, 0.05) is 18.0 Å². The van der Waals surface area contributed by atoms with Crippen LogP contribution in [0.5, 0.6) is 0 Å². The number of esters is 1. The van der Waals surface area contributed by atoms with Gasteiger partial charge >= 0.3 is 5.97 Å². The number of anilines is 1. The molecular weight excluding hydrogens is 354 g/mol. The number of nitrogens with zero attached hydrogens (tertiary/aromatic N) is 2. The number of benzene rings is 1. The molecule has 0 amide bonds. The second-order valence-electron chi connectivity index (χ2n) is 5.63. The maximum absolute atomic E-state index is 12.4. The van der Waals surface area contributed by atoms with Gasteiger partial charge in [0.1, 0.15) is 12.7 Å². The molecule has 1 N–H and O–H groups in total. The van der Waals surface area contributed by atoms with E-state index in [2.05, 4.69) is 10.8 Å². The number of aromatic nitrogens is 1. The molecule has 8 heteroatoms. The van der Waals surface area contributed by atoms with E-state index < -0.39 is 16.0 Å². The first-order valence-corrected chi connectivity index (χ1v) is 9.51. The van der Waals surface area contributed by atoms with E-state index in [9.17, 15) is 18.5 Å². The van der Waals surface area contributed by atoms with Gasteiger partial charge in [-0.05, 0) is 24.3 Å². The molecule has 3 aromatic rings. The summed E-state index contributed by atoms with van der Waals surface area (Å²) in [5, 5.41) is 9.38. The highest BCUT2D eigenvalue weighted by molar-refractivity contribution is 7.92. The summed E-state index contributed by atoms with van der Waals surface area (Å²) in [6, 6.07) is 13.7. The van der Waals surface area contributed by atoms with Crippen molar-refractivity contribution in [1.29, 1.82) is 5.26 Å². The fraction of sp³-hybridized carbons (Fsp3) is 0.111. The van der Waals surface area contributed by atoms with Crippen LogP contribution in [0.1, 0.15) is 21.5 Å². The minimum atomic E-state index is -3.53. The molecule has 1 aromatic carbocycles. The Balaban J connectivity index is 1.84. The van der Waals surface area contributed by atoms with Crippen LogP contribution in [-0.2, 0) is 21.4 Å². The summed E-state index contributed by atoms with van der Waals surface area (Å²) in [6.45, 7) is -0.101. The normalized spacial score (nSPS) is 11.1. The molecule has 0 aliphatic heterocycles. The van der Waals surface area contributed by atoms with Crippen molar-refractivity contribution in [3.05, 3.63) is 71.5 Å². The predicted molar refractivity (Wildman–Crippen MR) is 96.1 cm³/mol. The number of nitrogens with one attached hydrogen (secondary N) is 1. The quantitative estimate of drug-likeness (QED) is 0.697. The molecule has 0 aliphatic rings. The summed E-state index contributed by atoms with van der Waals surface area (Å²) < 4.78 is 32.2. The van der Waals surface area contributed by atoms with Gasteiger partial charge in [0.25, 0.3) is 0 Å². The van der Waals surface area contributed by atoms with Crippen molar-refractivity contribution in [2.24, 2.45) is 0 Å². The smallest absolute Gasteiger partial charge is 0.340 e. The van der Waals surface area contributed by atoms with Crippen LogP contribution in [0.25, 0.3) is 5.52 Å². The molecule has 0 saturated carbocycles. The van der Waals surface area contributed by atoms with Gasteiger partial charge in [-0.2, -0.15) is 5.26 Å². The molecule has 0 atom stereocenters. The molecule has 2 aromatic heterocycles. The zero-order chi connectivity index (χ0) is 18.7. The third kappa shape index (κ3) is 3.68. The molecule has 3 rings (SSSR count). The number of pyridine rings is 1. The Morgan fingerprint density at radius 2 is 1.96 bits per heavy atom. The number of sulfonamides is 1. The van der Waals surface area contributed by atoms with Gasteiger partial charge < -0.3 is 9.14 Å². The first-order chi connectivity index (χ1) is 12.4. The third-order valence-corrected chi connectivity index (χ3v) is 4.27. The molecule has 0 saturated heterocycles. The number of carbonyl (C=O) groups excluding carboxylic acids is 1. The van der Waals surface area contributed by atoms with Crippen LogP contribution in [0.15, 0.2) is 54.9 Å². The Bertz CT molecular complexity index is 1130. The Labute approximate surface area is 150 Å². The standard InChI is InChI=1S/C18H15N3O4S/c1-26(23,24)20-16-7-3-2-6-14(16)18(22)25-12-13-11-21-9-5-4-8-17(21)15(13)10-19/h2-9,11,20H,12H2,1H3. The van der Waals surface area contributed by atoms with Gasteiger partial charge in [0.2, 0.25) is 10.0 Å². The van der Waals surface area contributed by atoms with E-state index in [-0.39, 0.29) is 17.9 Å². The second kappa shape index (κ2) is 6.90. The Morgan fingerprint density at radius 3 is 2.69 bits per heavy atom. The van der Waals surface area contributed by atoms with E-state index in [0.717, 1.165) is 11.8 Å². The summed E-state index contributed by atoms with van der Waals surface area (Å²) in [7, 11) is -3.53. The molecule has 0 spiro atoms. The van der Waals surface area contributed by atoms with Crippen LogP contribution in [0.2, 0.25) is 0 Å². The Morgan fingerprint density at radius 1 is 1.23 bits per heavy atom. The maximum atomic E-state index is 12.4. The molecule has 2 heterocycles. The van der Waals surface area contributed by atoms with Crippen molar-refractivity contribution >= 4 is 27.2 Å². The zero-order valence-electron chi connectivity index (χ0n) is 13.8. The Kier molecular flexibility index (Phi) is 4.65. The van der Waals surface area contributed by atoms with Crippen LogP contribution in [0.3, 0.4) is 0 Å². The van der Waals surface area contributed by atoms with Gasteiger partial charge in [-0.25, -0.2) is 13.2 Å². The van der Waals surface area contributed by atoms with E-state index in [1.807, 2.05) is 12.1 Å². The van der Waals surface area contributed by atoms with E-state index in [0.29, 0.717) is 11.1 Å². The van der Waals surface area contributed by atoms with Crippen LogP contribution in [0.4, 0.5) is 5.69 Å². The fourth-order valence-corrected chi connectivity index (χ4v) is 3.16. The summed E-state index contributed by atoms with van der Waals surface area (Å²) in [6.07, 6.45) is 4.52. The molecule has 0 bridgehead atoms. The van der Waals surface area contributed by atoms with Crippen molar-refractivity contribution in [3.63, 3.8) is 0 Å². The first-order valence-electron chi connectivity index (χ1n) is 7.61. The lowest BCUT2D eigenvalue weighted by Crippen LogP contribution is -2.14. The highest BCUT2D eigenvalue weighted by Crippen LogP contribution is 2.21. The topological polar surface area (TPSA) is 101 Å². The van der Waals surface area contributed by atoms with E-state index in [1.165, 1.54) is 12.1 Å². The summed E-state index contributed by atoms with van der Waals surface area (Å²) in [5.41, 5.74) is 1.96. The minimum absolute atomic E-state index is 0.0974. The molecular formula is C18H15N3O4S. The molecule has 0 fully saturated rings. The highest BCUT2D eigenvalue weighted by Gasteiger charge is 2.17. The lowest BCUT2D eigenvalue weighted by atomic mass is 10.2. The van der Waals surface area contributed by atoms with Crippen molar-refractivity contribution in [2.45, 2.75) is 6.61 Å². The lowest BCUT2D eigenvalue weighted by Gasteiger charge is -2.10. The van der Waals surface area contributed by atoms with E-state index in [1.54, 1.807) is 35.0 Å². The number of ether oxygens (including phenoxy) is 1. The molecule has 0 unspecified atom stereocenters. The van der Waals surface area contributed by atoms with Gasteiger partial charge in [-0.3, -0.25) is 4.72 Å². The number of hydrogen-bond donors (Lipinski definition) is 1. The number of rotatable bonds is 5.